The Hall–Kier alpha value is -4.45. The highest BCUT2D eigenvalue weighted by Crippen LogP contribution is 2.33. The second-order valence-corrected chi connectivity index (χ2v) is 9.77. The third-order valence-corrected chi connectivity index (χ3v) is 7.16. The number of methoxy groups -OCH3 is 2. The molecule has 0 bridgehead atoms. The van der Waals surface area contributed by atoms with Crippen molar-refractivity contribution in [2.45, 2.75) is 18.7 Å². The number of aryl methyl sites for hydroxylation is 1. The molecule has 1 amide bonds. The Morgan fingerprint density at radius 3 is 2.32 bits per heavy atom. The van der Waals surface area contributed by atoms with E-state index in [0.29, 0.717) is 17.0 Å². The molecule has 0 aliphatic carbocycles. The Bertz CT molecular complexity index is 1440. The Morgan fingerprint density at radius 2 is 1.70 bits per heavy atom. The maximum absolute atomic E-state index is 13.6. The number of carbonyl (C=O) groups excluding carboxylic acids is 1. The van der Waals surface area contributed by atoms with Gasteiger partial charge in [-0.3, -0.25) is 19.2 Å². The number of rotatable bonds is 10. The van der Waals surface area contributed by atoms with E-state index >= 15 is 0 Å². The standard InChI is InChI=1S/C25H26N4O7S/c1-17-8-11-22(12-9-17)37(33,34)28(20-10-13-23(35-3)24(15-20)36-4)16-25(30)27-26-18(2)19-6-5-7-21(14-19)29(31)32/h5-15H,16H2,1-4H3,(H,27,30)/b26-18-. The summed E-state index contributed by atoms with van der Waals surface area (Å²) in [6.07, 6.45) is 0. The highest BCUT2D eigenvalue weighted by atomic mass is 32.2. The van der Waals surface area contributed by atoms with Crippen LogP contribution in [0, 0.1) is 17.0 Å². The van der Waals surface area contributed by atoms with Gasteiger partial charge in [-0.15, -0.1) is 0 Å². The summed E-state index contributed by atoms with van der Waals surface area (Å²) in [6, 6.07) is 16.5. The molecule has 0 spiro atoms. The quantitative estimate of drug-likeness (QED) is 0.241. The van der Waals surface area contributed by atoms with Crippen LogP contribution in [0.4, 0.5) is 11.4 Å². The lowest BCUT2D eigenvalue weighted by atomic mass is 10.1. The third-order valence-electron chi connectivity index (χ3n) is 5.37. The molecular weight excluding hydrogens is 500 g/mol. The SMILES string of the molecule is COc1ccc(N(CC(=O)N/N=C(/C)c2cccc([N+](=O)[O-])c2)S(=O)(=O)c2ccc(C)cc2)cc1OC. The van der Waals surface area contributed by atoms with Crippen LogP contribution in [0.15, 0.2) is 76.7 Å². The average molecular weight is 527 g/mol. The van der Waals surface area contributed by atoms with Crippen LogP contribution in [0.5, 0.6) is 11.5 Å². The van der Waals surface area contributed by atoms with E-state index in [1.807, 2.05) is 6.92 Å². The van der Waals surface area contributed by atoms with E-state index in [9.17, 15) is 23.3 Å². The number of ether oxygens (including phenoxy) is 2. The zero-order valence-electron chi connectivity index (χ0n) is 20.7. The molecule has 37 heavy (non-hydrogen) atoms. The number of benzene rings is 3. The van der Waals surface area contributed by atoms with Crippen LogP contribution in [0.25, 0.3) is 0 Å². The molecule has 3 rings (SSSR count). The van der Waals surface area contributed by atoms with Crippen LogP contribution in [-0.2, 0) is 14.8 Å². The number of nitro benzene ring substituents is 1. The molecule has 3 aromatic carbocycles. The molecule has 12 heteroatoms. The summed E-state index contributed by atoms with van der Waals surface area (Å²) in [5, 5.41) is 15.0. The van der Waals surface area contributed by atoms with Crippen molar-refractivity contribution >= 4 is 33.0 Å². The van der Waals surface area contributed by atoms with Gasteiger partial charge in [0.2, 0.25) is 0 Å². The zero-order valence-corrected chi connectivity index (χ0v) is 21.5. The Labute approximate surface area is 214 Å². The molecule has 0 heterocycles. The number of hydrazone groups is 1. The summed E-state index contributed by atoms with van der Waals surface area (Å²) in [6.45, 7) is 2.80. The summed E-state index contributed by atoms with van der Waals surface area (Å²) < 4.78 is 38.6. The maximum atomic E-state index is 13.6. The molecule has 0 radical (unpaired) electrons. The van der Waals surface area contributed by atoms with Gasteiger partial charge >= 0.3 is 0 Å². The molecule has 0 atom stereocenters. The molecule has 0 aliphatic heterocycles. The number of sulfonamides is 1. The second kappa shape index (κ2) is 11.5. The molecule has 0 saturated carbocycles. The van der Waals surface area contributed by atoms with Gasteiger partial charge in [-0.2, -0.15) is 5.10 Å². The number of non-ortho nitro benzene ring substituents is 1. The molecule has 0 fully saturated rings. The van der Waals surface area contributed by atoms with Crippen molar-refractivity contribution in [2.75, 3.05) is 25.1 Å². The minimum atomic E-state index is -4.16. The van der Waals surface area contributed by atoms with Gasteiger partial charge < -0.3 is 9.47 Å². The van der Waals surface area contributed by atoms with Crippen molar-refractivity contribution in [1.82, 2.24) is 5.43 Å². The van der Waals surface area contributed by atoms with E-state index in [-0.39, 0.29) is 22.0 Å². The molecule has 0 saturated heterocycles. The summed E-state index contributed by atoms with van der Waals surface area (Å²) in [4.78, 5) is 23.4. The van der Waals surface area contributed by atoms with Crippen molar-refractivity contribution in [3.63, 3.8) is 0 Å². The van der Waals surface area contributed by atoms with E-state index in [1.165, 1.54) is 62.8 Å². The Balaban J connectivity index is 1.93. The van der Waals surface area contributed by atoms with Crippen LogP contribution < -0.4 is 19.2 Å². The fourth-order valence-electron chi connectivity index (χ4n) is 3.35. The van der Waals surface area contributed by atoms with Gasteiger partial charge in [-0.25, -0.2) is 13.8 Å². The van der Waals surface area contributed by atoms with Gasteiger partial charge in [-0.05, 0) is 38.1 Å². The van der Waals surface area contributed by atoms with Gasteiger partial charge in [0.1, 0.15) is 6.54 Å². The van der Waals surface area contributed by atoms with E-state index in [2.05, 4.69) is 10.5 Å². The average Bonchev–Trinajstić information content (AvgIpc) is 2.90. The summed E-state index contributed by atoms with van der Waals surface area (Å²) >= 11 is 0. The van der Waals surface area contributed by atoms with Gasteiger partial charge in [-0.1, -0.05) is 29.8 Å². The third kappa shape index (κ3) is 6.41. The van der Waals surface area contributed by atoms with Crippen molar-refractivity contribution in [2.24, 2.45) is 5.10 Å². The molecule has 0 aliphatic rings. The van der Waals surface area contributed by atoms with Crippen molar-refractivity contribution in [3.05, 3.63) is 88.0 Å². The van der Waals surface area contributed by atoms with E-state index in [4.69, 9.17) is 9.47 Å². The number of hydrogen-bond donors (Lipinski definition) is 1. The first-order chi connectivity index (χ1) is 17.6. The molecule has 3 aromatic rings. The van der Waals surface area contributed by atoms with E-state index < -0.39 is 27.4 Å². The van der Waals surface area contributed by atoms with Crippen molar-refractivity contribution in [1.29, 1.82) is 0 Å². The van der Waals surface area contributed by atoms with Crippen molar-refractivity contribution < 1.29 is 27.6 Å². The number of amides is 1. The highest BCUT2D eigenvalue weighted by Gasteiger charge is 2.28. The minimum Gasteiger partial charge on any atom is -0.493 e. The number of anilines is 1. The molecular formula is C25H26N4O7S. The number of nitrogens with zero attached hydrogens (tertiary/aromatic N) is 3. The number of carbonyl (C=O) groups is 1. The predicted molar refractivity (Wildman–Crippen MR) is 139 cm³/mol. The van der Waals surface area contributed by atoms with Crippen LogP contribution in [0.2, 0.25) is 0 Å². The normalized spacial score (nSPS) is 11.5. The summed E-state index contributed by atoms with van der Waals surface area (Å²) in [5.74, 6) is -0.0557. The first kappa shape index (κ1) is 27.1. The van der Waals surface area contributed by atoms with Crippen LogP contribution in [0.1, 0.15) is 18.1 Å². The fourth-order valence-corrected chi connectivity index (χ4v) is 4.77. The Kier molecular flexibility index (Phi) is 8.45. The van der Waals surface area contributed by atoms with Crippen LogP contribution in [0.3, 0.4) is 0 Å². The molecule has 1 N–H and O–H groups in total. The zero-order chi connectivity index (χ0) is 27.2. The lowest BCUT2D eigenvalue weighted by Gasteiger charge is -2.24. The smallest absolute Gasteiger partial charge is 0.270 e. The van der Waals surface area contributed by atoms with Gasteiger partial charge in [0.25, 0.3) is 21.6 Å². The topological polar surface area (TPSA) is 140 Å². The minimum absolute atomic E-state index is 0.00281. The monoisotopic (exact) mass is 526 g/mol. The summed E-state index contributed by atoms with van der Waals surface area (Å²) in [7, 11) is -1.30. The lowest BCUT2D eigenvalue weighted by molar-refractivity contribution is -0.384. The number of nitro groups is 1. The maximum Gasteiger partial charge on any atom is 0.270 e. The molecule has 194 valence electrons. The molecule has 0 aromatic heterocycles. The molecule has 0 unspecified atom stereocenters. The first-order valence-corrected chi connectivity index (χ1v) is 12.4. The van der Waals surface area contributed by atoms with E-state index in [1.54, 1.807) is 25.1 Å². The Morgan fingerprint density at radius 1 is 1.03 bits per heavy atom. The summed E-state index contributed by atoms with van der Waals surface area (Å²) in [5.41, 5.74) is 3.99. The highest BCUT2D eigenvalue weighted by molar-refractivity contribution is 7.92. The van der Waals surface area contributed by atoms with Crippen LogP contribution >= 0.6 is 0 Å². The second-order valence-electron chi connectivity index (χ2n) is 7.90. The van der Waals surface area contributed by atoms with Gasteiger partial charge in [0, 0.05) is 23.8 Å². The first-order valence-electron chi connectivity index (χ1n) is 11.0. The number of hydrogen-bond acceptors (Lipinski definition) is 8. The fraction of sp³-hybridized carbons (Fsp3) is 0.200. The van der Waals surface area contributed by atoms with E-state index in [0.717, 1.165) is 9.87 Å². The van der Waals surface area contributed by atoms with Crippen molar-refractivity contribution in [3.8, 4) is 11.5 Å². The molecule has 11 nitrogen and oxygen atoms in total. The number of nitrogens with one attached hydrogen (secondary N) is 1. The lowest BCUT2D eigenvalue weighted by Crippen LogP contribution is -2.39. The predicted octanol–water partition coefficient (Wildman–Crippen LogP) is 3.66. The van der Waals surface area contributed by atoms with Gasteiger partial charge in [0.15, 0.2) is 11.5 Å². The van der Waals surface area contributed by atoms with Gasteiger partial charge in [0.05, 0.1) is 35.4 Å². The largest absolute Gasteiger partial charge is 0.493 e. The van der Waals surface area contributed by atoms with Crippen LogP contribution in [-0.4, -0.2) is 45.7 Å².